The highest BCUT2D eigenvalue weighted by Crippen LogP contribution is 2.38. The van der Waals surface area contributed by atoms with Crippen molar-refractivity contribution in [3.63, 3.8) is 0 Å². The largest absolute Gasteiger partial charge is 0.462 e. The van der Waals surface area contributed by atoms with E-state index in [0.29, 0.717) is 18.9 Å². The molecule has 0 atom stereocenters. The number of esters is 1. The molecule has 1 aliphatic rings. The number of carbonyl (C=O) groups excluding carboxylic acids is 1. The van der Waals surface area contributed by atoms with Crippen LogP contribution in [0.3, 0.4) is 0 Å². The molecule has 1 saturated carbocycles. The van der Waals surface area contributed by atoms with E-state index in [0.717, 1.165) is 6.20 Å². The van der Waals surface area contributed by atoms with Crippen LogP contribution in [-0.4, -0.2) is 17.1 Å². The molecule has 0 amide bonds. The summed E-state index contributed by atoms with van der Waals surface area (Å²) in [6.45, 7) is 1.61. The van der Waals surface area contributed by atoms with Crippen LogP contribution >= 0.6 is 0 Å². The van der Waals surface area contributed by atoms with Crippen molar-refractivity contribution in [1.29, 1.82) is 0 Å². The summed E-state index contributed by atoms with van der Waals surface area (Å²) in [7, 11) is 0. The quantitative estimate of drug-likeness (QED) is 0.647. The van der Waals surface area contributed by atoms with E-state index in [1.807, 2.05) is 0 Å². The number of nitrogens with zero attached hydrogens (tertiary/aromatic N) is 1. The average Bonchev–Trinajstić information content (AvgIpc) is 3.29. The van der Waals surface area contributed by atoms with E-state index in [1.54, 1.807) is 6.92 Å². The van der Waals surface area contributed by atoms with Gasteiger partial charge in [-0.25, -0.2) is 18.0 Å². The van der Waals surface area contributed by atoms with Gasteiger partial charge in [-0.1, -0.05) is 0 Å². The van der Waals surface area contributed by atoms with Crippen LogP contribution < -0.4 is 5.43 Å². The van der Waals surface area contributed by atoms with E-state index in [9.17, 15) is 22.8 Å². The van der Waals surface area contributed by atoms with Crippen LogP contribution in [0.4, 0.5) is 13.2 Å². The third kappa shape index (κ3) is 2.17. The van der Waals surface area contributed by atoms with E-state index in [4.69, 9.17) is 4.74 Å². The third-order valence-electron chi connectivity index (χ3n) is 3.58. The zero-order valence-electron chi connectivity index (χ0n) is 11.7. The van der Waals surface area contributed by atoms with Gasteiger partial charge in [0.1, 0.15) is 11.4 Å². The summed E-state index contributed by atoms with van der Waals surface area (Å²) in [5, 5.41) is -0.628. The first-order valence-electron chi connectivity index (χ1n) is 6.85. The second kappa shape index (κ2) is 5.15. The Kier molecular flexibility index (Phi) is 3.42. The van der Waals surface area contributed by atoms with E-state index in [-0.39, 0.29) is 18.2 Å². The molecular formula is C15H12F3NO3. The van der Waals surface area contributed by atoms with Gasteiger partial charge in [0.2, 0.25) is 5.43 Å². The second-order valence-corrected chi connectivity index (χ2v) is 5.11. The van der Waals surface area contributed by atoms with Crippen molar-refractivity contribution in [3.05, 3.63) is 45.5 Å². The Bertz CT molecular complexity index is 840. The molecule has 7 heteroatoms. The maximum atomic E-state index is 14.1. The monoisotopic (exact) mass is 311 g/mol. The van der Waals surface area contributed by atoms with E-state index in [2.05, 4.69) is 0 Å². The lowest BCUT2D eigenvalue weighted by molar-refractivity contribution is 0.0524. The molecule has 2 aromatic rings. The molecule has 22 heavy (non-hydrogen) atoms. The first-order chi connectivity index (χ1) is 10.5. The van der Waals surface area contributed by atoms with Crippen LogP contribution in [0.15, 0.2) is 17.1 Å². The third-order valence-corrected chi connectivity index (χ3v) is 3.58. The Balaban J connectivity index is 2.41. The second-order valence-electron chi connectivity index (χ2n) is 5.11. The number of rotatable bonds is 3. The smallest absolute Gasteiger partial charge is 0.343 e. The number of benzene rings is 1. The van der Waals surface area contributed by atoms with Crippen LogP contribution in [-0.2, 0) is 4.74 Å². The number of aromatic nitrogens is 1. The van der Waals surface area contributed by atoms with Crippen molar-refractivity contribution >= 4 is 16.9 Å². The number of hydrogen-bond donors (Lipinski definition) is 0. The minimum atomic E-state index is -1.37. The molecule has 4 nitrogen and oxygen atoms in total. The molecule has 0 N–H and O–H groups in total. The van der Waals surface area contributed by atoms with E-state index in [1.165, 1.54) is 4.57 Å². The average molecular weight is 311 g/mol. The highest BCUT2D eigenvalue weighted by atomic mass is 19.2. The SMILES string of the molecule is CCOC(=O)c1cn(C2CC2)c2c(F)c(F)cc(F)c2c1=O. The molecule has 1 aliphatic carbocycles. The Morgan fingerprint density at radius 2 is 2.00 bits per heavy atom. The molecule has 1 aromatic heterocycles. The first kappa shape index (κ1) is 14.6. The van der Waals surface area contributed by atoms with Crippen molar-refractivity contribution < 1.29 is 22.7 Å². The maximum Gasteiger partial charge on any atom is 0.343 e. The fraction of sp³-hybridized carbons (Fsp3) is 0.333. The van der Waals surface area contributed by atoms with Crippen molar-refractivity contribution in [2.45, 2.75) is 25.8 Å². The molecule has 3 rings (SSSR count). The molecular weight excluding hydrogens is 299 g/mol. The summed E-state index contributed by atoms with van der Waals surface area (Å²) < 4.78 is 47.6. The Morgan fingerprint density at radius 3 is 2.59 bits per heavy atom. The molecule has 0 unspecified atom stereocenters. The molecule has 1 fully saturated rings. The molecule has 1 aromatic carbocycles. The predicted molar refractivity (Wildman–Crippen MR) is 72.3 cm³/mol. The molecule has 0 spiro atoms. The summed E-state index contributed by atoms with van der Waals surface area (Å²) in [4.78, 5) is 24.1. The lowest BCUT2D eigenvalue weighted by Crippen LogP contribution is -2.22. The highest BCUT2D eigenvalue weighted by Gasteiger charge is 2.30. The zero-order chi connectivity index (χ0) is 16.0. The number of hydrogen-bond acceptors (Lipinski definition) is 3. The summed E-state index contributed by atoms with van der Waals surface area (Å²) in [5.74, 6) is -4.77. The minimum Gasteiger partial charge on any atom is -0.462 e. The highest BCUT2D eigenvalue weighted by molar-refractivity contribution is 5.94. The van der Waals surface area contributed by atoms with Gasteiger partial charge in [0.15, 0.2) is 11.6 Å². The van der Waals surface area contributed by atoms with Crippen molar-refractivity contribution in [1.82, 2.24) is 4.57 Å². The van der Waals surface area contributed by atoms with Gasteiger partial charge in [-0.15, -0.1) is 0 Å². The summed E-state index contributed by atoms with van der Waals surface area (Å²) in [6.07, 6.45) is 2.48. The van der Waals surface area contributed by atoms with Crippen LogP contribution in [0, 0.1) is 17.5 Å². The lowest BCUT2D eigenvalue weighted by Gasteiger charge is -2.13. The number of pyridine rings is 1. The standard InChI is InChI=1S/C15H12F3NO3/c1-2-22-15(21)8-6-19(7-3-4-7)13-11(14(8)20)9(16)5-10(17)12(13)18/h5-7H,2-4H2,1H3. The fourth-order valence-electron chi connectivity index (χ4n) is 2.43. The van der Waals surface area contributed by atoms with E-state index >= 15 is 0 Å². The number of carbonyl (C=O) groups is 1. The van der Waals surface area contributed by atoms with Crippen molar-refractivity contribution in [2.24, 2.45) is 0 Å². The minimum absolute atomic E-state index is 0.0417. The summed E-state index contributed by atoms with van der Waals surface area (Å²) >= 11 is 0. The molecule has 0 bridgehead atoms. The van der Waals surface area contributed by atoms with Crippen LogP contribution in [0.2, 0.25) is 0 Å². The van der Waals surface area contributed by atoms with Crippen LogP contribution in [0.5, 0.6) is 0 Å². The molecule has 0 saturated heterocycles. The molecule has 1 heterocycles. The number of halogens is 3. The van der Waals surface area contributed by atoms with Crippen LogP contribution in [0.1, 0.15) is 36.2 Å². The normalized spacial score (nSPS) is 14.4. The summed E-state index contributed by atoms with van der Waals surface area (Å²) in [5.41, 5.74) is -1.83. The van der Waals surface area contributed by atoms with Gasteiger partial charge >= 0.3 is 5.97 Å². The molecule has 0 radical (unpaired) electrons. The summed E-state index contributed by atoms with van der Waals surface area (Å²) in [6, 6.07) is 0.123. The van der Waals surface area contributed by atoms with Crippen molar-refractivity contribution in [3.8, 4) is 0 Å². The van der Waals surface area contributed by atoms with E-state index < -0.39 is 39.8 Å². The van der Waals surface area contributed by atoms with Gasteiger partial charge in [-0.3, -0.25) is 4.79 Å². The van der Waals surface area contributed by atoms with Crippen LogP contribution in [0.25, 0.3) is 10.9 Å². The topological polar surface area (TPSA) is 48.3 Å². The van der Waals surface area contributed by atoms with Gasteiger partial charge in [0.05, 0.1) is 17.5 Å². The number of ether oxygens (including phenoxy) is 1. The maximum absolute atomic E-state index is 14.1. The fourth-order valence-corrected chi connectivity index (χ4v) is 2.43. The lowest BCUT2D eigenvalue weighted by atomic mass is 10.1. The number of fused-ring (bicyclic) bond motifs is 1. The molecule has 116 valence electrons. The van der Waals surface area contributed by atoms with Gasteiger partial charge in [-0.2, -0.15) is 0 Å². The Morgan fingerprint density at radius 1 is 1.32 bits per heavy atom. The van der Waals surface area contributed by atoms with Crippen molar-refractivity contribution in [2.75, 3.05) is 6.61 Å². The van der Waals surface area contributed by atoms with Gasteiger partial charge < -0.3 is 9.30 Å². The van der Waals surface area contributed by atoms with Gasteiger partial charge in [0, 0.05) is 18.3 Å². The zero-order valence-corrected chi connectivity index (χ0v) is 11.7. The first-order valence-corrected chi connectivity index (χ1v) is 6.85. The van der Waals surface area contributed by atoms with Gasteiger partial charge in [-0.05, 0) is 19.8 Å². The van der Waals surface area contributed by atoms with Gasteiger partial charge in [0.25, 0.3) is 0 Å². The molecule has 0 aliphatic heterocycles. The predicted octanol–water partition coefficient (Wildman–Crippen LogP) is 2.93. The Hall–Kier alpha value is -2.31. The Labute approximate surface area is 123 Å².